The molecule has 0 bridgehead atoms. The van der Waals surface area contributed by atoms with Gasteiger partial charge in [0.1, 0.15) is 0 Å². The Morgan fingerprint density at radius 1 is 1.21 bits per heavy atom. The van der Waals surface area contributed by atoms with Crippen molar-refractivity contribution < 1.29 is 9.90 Å². The van der Waals surface area contributed by atoms with Gasteiger partial charge in [-0.2, -0.15) is 0 Å². The van der Waals surface area contributed by atoms with Gasteiger partial charge in [0.15, 0.2) is 0 Å². The molecule has 0 radical (unpaired) electrons. The number of allylic oxidation sites excluding steroid dienone is 2. The fourth-order valence-corrected chi connectivity index (χ4v) is 1.39. The minimum Gasteiger partial charge on any atom is -0.481 e. The molecule has 14 heavy (non-hydrogen) atoms. The Hall–Kier alpha value is -0.790. The van der Waals surface area contributed by atoms with Gasteiger partial charge in [-0.1, -0.05) is 38.3 Å². The fourth-order valence-electron chi connectivity index (χ4n) is 1.39. The van der Waals surface area contributed by atoms with Gasteiger partial charge in [0.25, 0.3) is 0 Å². The zero-order chi connectivity index (χ0) is 10.8. The molecule has 0 aliphatic carbocycles. The summed E-state index contributed by atoms with van der Waals surface area (Å²) in [6.07, 6.45) is 9.05. The van der Waals surface area contributed by atoms with Gasteiger partial charge in [0.2, 0.25) is 0 Å². The van der Waals surface area contributed by atoms with Gasteiger partial charge in [-0.3, -0.25) is 4.79 Å². The minimum atomic E-state index is -0.696. The molecule has 0 rings (SSSR count). The van der Waals surface area contributed by atoms with E-state index in [1.807, 2.05) is 0 Å². The molecule has 0 saturated heterocycles. The zero-order valence-corrected chi connectivity index (χ0v) is 9.38. The third-order valence-corrected chi connectivity index (χ3v) is 2.35. The maximum absolute atomic E-state index is 10.4. The lowest BCUT2D eigenvalue weighted by Gasteiger charge is -2.02. The van der Waals surface area contributed by atoms with Crippen LogP contribution in [0.25, 0.3) is 0 Å². The molecule has 0 aromatic carbocycles. The fraction of sp³-hybridized carbons (Fsp3) is 0.750. The highest BCUT2D eigenvalue weighted by atomic mass is 16.4. The molecule has 0 aliphatic heterocycles. The maximum Gasteiger partial charge on any atom is 0.303 e. The van der Waals surface area contributed by atoms with Crippen molar-refractivity contribution in [1.29, 1.82) is 0 Å². The Morgan fingerprint density at radius 3 is 2.43 bits per heavy atom. The van der Waals surface area contributed by atoms with Crippen LogP contribution in [0.1, 0.15) is 58.8 Å². The van der Waals surface area contributed by atoms with Crippen LogP contribution in [0.5, 0.6) is 0 Å². The van der Waals surface area contributed by atoms with E-state index >= 15 is 0 Å². The van der Waals surface area contributed by atoms with Crippen molar-refractivity contribution in [3.05, 3.63) is 11.6 Å². The summed E-state index contributed by atoms with van der Waals surface area (Å²) in [6.45, 7) is 4.28. The second-order valence-electron chi connectivity index (χ2n) is 3.61. The highest BCUT2D eigenvalue weighted by molar-refractivity contribution is 5.67. The molecule has 2 nitrogen and oxygen atoms in total. The average molecular weight is 198 g/mol. The van der Waals surface area contributed by atoms with Crippen molar-refractivity contribution in [2.45, 2.75) is 58.8 Å². The monoisotopic (exact) mass is 198 g/mol. The summed E-state index contributed by atoms with van der Waals surface area (Å²) in [5.74, 6) is -0.696. The first-order chi connectivity index (χ1) is 6.70. The van der Waals surface area contributed by atoms with E-state index < -0.39 is 5.97 Å². The Bertz CT molecular complexity index is 183. The summed E-state index contributed by atoms with van der Waals surface area (Å²) in [4.78, 5) is 10.4. The molecule has 2 heteroatoms. The van der Waals surface area contributed by atoms with Gasteiger partial charge in [0, 0.05) is 6.42 Å². The van der Waals surface area contributed by atoms with Gasteiger partial charge in [-0.25, -0.2) is 0 Å². The number of carboxylic acid groups (broad SMARTS) is 1. The Kier molecular flexibility index (Phi) is 8.30. The number of carbonyl (C=O) groups is 1. The topological polar surface area (TPSA) is 37.3 Å². The van der Waals surface area contributed by atoms with Crippen LogP contribution in [-0.2, 0) is 4.79 Å². The second-order valence-corrected chi connectivity index (χ2v) is 3.61. The second kappa shape index (κ2) is 8.79. The molecule has 0 fully saturated rings. The van der Waals surface area contributed by atoms with E-state index in [9.17, 15) is 4.79 Å². The molecule has 0 unspecified atom stereocenters. The smallest absolute Gasteiger partial charge is 0.303 e. The standard InChI is InChI=1S/C12H22O2/c1-3-5-6-7-8-11(4-2)9-10-12(13)14/h8H,3-7,9-10H2,1-2H3,(H,13,14)/b11-8-. The summed E-state index contributed by atoms with van der Waals surface area (Å²) in [7, 11) is 0. The first kappa shape index (κ1) is 13.2. The van der Waals surface area contributed by atoms with E-state index in [0.29, 0.717) is 0 Å². The Balaban J connectivity index is 3.69. The predicted molar refractivity (Wildman–Crippen MR) is 59.4 cm³/mol. The molecule has 0 heterocycles. The van der Waals surface area contributed by atoms with Crippen molar-refractivity contribution in [3.8, 4) is 0 Å². The normalized spacial score (nSPS) is 11.7. The third kappa shape index (κ3) is 7.84. The number of rotatable bonds is 8. The molecule has 0 amide bonds. The summed E-state index contributed by atoms with van der Waals surface area (Å²) < 4.78 is 0. The van der Waals surface area contributed by atoms with Crippen LogP contribution in [0.15, 0.2) is 11.6 Å². The van der Waals surface area contributed by atoms with E-state index in [1.54, 1.807) is 0 Å². The zero-order valence-electron chi connectivity index (χ0n) is 9.38. The first-order valence-corrected chi connectivity index (χ1v) is 5.60. The van der Waals surface area contributed by atoms with E-state index in [0.717, 1.165) is 19.3 Å². The first-order valence-electron chi connectivity index (χ1n) is 5.60. The molecular formula is C12H22O2. The van der Waals surface area contributed by atoms with Crippen LogP contribution >= 0.6 is 0 Å². The molecule has 1 N–H and O–H groups in total. The Labute approximate surface area is 87.0 Å². The predicted octanol–water partition coefficient (Wildman–Crippen LogP) is 3.77. The van der Waals surface area contributed by atoms with Gasteiger partial charge >= 0.3 is 5.97 Å². The van der Waals surface area contributed by atoms with E-state index in [2.05, 4.69) is 19.9 Å². The van der Waals surface area contributed by atoms with E-state index in [-0.39, 0.29) is 6.42 Å². The van der Waals surface area contributed by atoms with Crippen LogP contribution in [0.3, 0.4) is 0 Å². The van der Waals surface area contributed by atoms with Gasteiger partial charge in [-0.15, -0.1) is 0 Å². The SMILES string of the molecule is CCCCC/C=C(/CC)CCC(=O)O. The molecule has 82 valence electrons. The third-order valence-electron chi connectivity index (χ3n) is 2.35. The molecule has 0 saturated carbocycles. The summed E-state index contributed by atoms with van der Waals surface area (Å²) in [5, 5.41) is 8.54. The molecular weight excluding hydrogens is 176 g/mol. The number of aliphatic carboxylic acids is 1. The molecule has 0 atom stereocenters. The van der Waals surface area contributed by atoms with Crippen LogP contribution in [0.4, 0.5) is 0 Å². The summed E-state index contributed by atoms with van der Waals surface area (Å²) in [5.41, 5.74) is 1.29. The highest BCUT2D eigenvalue weighted by Crippen LogP contribution is 2.12. The van der Waals surface area contributed by atoms with Crippen molar-refractivity contribution in [2.24, 2.45) is 0 Å². The van der Waals surface area contributed by atoms with Crippen LogP contribution in [-0.4, -0.2) is 11.1 Å². The van der Waals surface area contributed by atoms with Crippen molar-refractivity contribution in [3.63, 3.8) is 0 Å². The van der Waals surface area contributed by atoms with Crippen LogP contribution in [0, 0.1) is 0 Å². The van der Waals surface area contributed by atoms with Gasteiger partial charge in [0.05, 0.1) is 0 Å². The molecule has 0 aromatic heterocycles. The highest BCUT2D eigenvalue weighted by Gasteiger charge is 1.99. The minimum absolute atomic E-state index is 0.271. The number of hydrogen-bond acceptors (Lipinski definition) is 1. The molecule has 0 aromatic rings. The summed E-state index contributed by atoms with van der Waals surface area (Å²) in [6, 6.07) is 0. The Morgan fingerprint density at radius 2 is 1.93 bits per heavy atom. The molecule has 0 aliphatic rings. The lowest BCUT2D eigenvalue weighted by molar-refractivity contribution is -0.136. The van der Waals surface area contributed by atoms with E-state index in [4.69, 9.17) is 5.11 Å². The largest absolute Gasteiger partial charge is 0.481 e. The maximum atomic E-state index is 10.4. The van der Waals surface area contributed by atoms with Crippen LogP contribution in [0.2, 0.25) is 0 Å². The van der Waals surface area contributed by atoms with Gasteiger partial charge < -0.3 is 5.11 Å². The van der Waals surface area contributed by atoms with Crippen molar-refractivity contribution >= 4 is 5.97 Å². The van der Waals surface area contributed by atoms with Crippen molar-refractivity contribution in [2.75, 3.05) is 0 Å². The number of unbranched alkanes of at least 4 members (excludes halogenated alkanes) is 3. The van der Waals surface area contributed by atoms with Gasteiger partial charge in [-0.05, 0) is 25.7 Å². The van der Waals surface area contributed by atoms with E-state index in [1.165, 1.54) is 24.8 Å². The number of hydrogen-bond donors (Lipinski definition) is 1. The average Bonchev–Trinajstić information content (AvgIpc) is 2.16. The van der Waals surface area contributed by atoms with Crippen molar-refractivity contribution in [1.82, 2.24) is 0 Å². The number of carboxylic acids is 1. The quantitative estimate of drug-likeness (QED) is 0.476. The lowest BCUT2D eigenvalue weighted by Crippen LogP contribution is -1.95. The lowest BCUT2D eigenvalue weighted by atomic mass is 10.0. The van der Waals surface area contributed by atoms with Crippen LogP contribution < -0.4 is 0 Å². The summed E-state index contributed by atoms with van der Waals surface area (Å²) >= 11 is 0. The molecule has 0 spiro atoms.